The Morgan fingerprint density at radius 3 is 2.73 bits per heavy atom. The minimum Gasteiger partial charge on any atom is -0.352 e. The summed E-state index contributed by atoms with van der Waals surface area (Å²) in [6, 6.07) is 4.82. The molecule has 0 aliphatic rings. The molecule has 0 atom stereocenters. The normalized spacial score (nSPS) is 10.1. The summed E-state index contributed by atoms with van der Waals surface area (Å²) in [6.45, 7) is 0.628. The highest BCUT2D eigenvalue weighted by molar-refractivity contribution is 9.09. The van der Waals surface area contributed by atoms with Crippen LogP contribution in [0.4, 0.5) is 0 Å². The summed E-state index contributed by atoms with van der Waals surface area (Å²) < 4.78 is 0. The van der Waals surface area contributed by atoms with Crippen molar-refractivity contribution in [1.29, 1.82) is 0 Å². The molecule has 0 spiro atoms. The molecule has 0 fully saturated rings. The van der Waals surface area contributed by atoms with Crippen LogP contribution in [-0.2, 0) is 0 Å². The van der Waals surface area contributed by atoms with Gasteiger partial charge in [0.2, 0.25) is 0 Å². The number of halogens is 3. The Morgan fingerprint density at radius 2 is 2.13 bits per heavy atom. The van der Waals surface area contributed by atoms with Crippen LogP contribution >= 0.6 is 39.1 Å². The average molecular weight is 311 g/mol. The van der Waals surface area contributed by atoms with Crippen molar-refractivity contribution in [2.45, 2.75) is 6.42 Å². The first kappa shape index (κ1) is 12.8. The minimum absolute atomic E-state index is 0.169. The number of carbonyl (C=O) groups excluding carboxylic acids is 1. The molecule has 0 bridgehead atoms. The molecule has 0 saturated heterocycles. The van der Waals surface area contributed by atoms with Crippen molar-refractivity contribution < 1.29 is 4.79 Å². The smallest absolute Gasteiger partial charge is 0.252 e. The molecule has 82 valence electrons. The summed E-state index contributed by atoms with van der Waals surface area (Å²) in [4.78, 5) is 11.6. The third-order valence-corrected chi connectivity index (χ3v) is 2.88. The van der Waals surface area contributed by atoms with Crippen LogP contribution in [0.2, 0.25) is 10.0 Å². The van der Waals surface area contributed by atoms with Gasteiger partial charge < -0.3 is 5.32 Å². The number of nitrogens with one attached hydrogen (secondary N) is 1. The Balaban J connectivity index is 2.65. The third kappa shape index (κ3) is 4.01. The van der Waals surface area contributed by atoms with E-state index in [1.54, 1.807) is 18.2 Å². The van der Waals surface area contributed by atoms with E-state index in [9.17, 15) is 4.79 Å². The Labute approximate surface area is 107 Å². The van der Waals surface area contributed by atoms with Gasteiger partial charge in [0.05, 0.1) is 10.6 Å². The molecular formula is C10H10BrCl2NO. The fourth-order valence-corrected chi connectivity index (χ4v) is 1.81. The number of benzene rings is 1. The van der Waals surface area contributed by atoms with Gasteiger partial charge in [-0.15, -0.1) is 0 Å². The maximum atomic E-state index is 11.6. The zero-order valence-corrected chi connectivity index (χ0v) is 11.0. The number of hydrogen-bond acceptors (Lipinski definition) is 1. The van der Waals surface area contributed by atoms with Gasteiger partial charge in [0.15, 0.2) is 0 Å². The fourth-order valence-electron chi connectivity index (χ4n) is 1.04. The Morgan fingerprint density at radius 1 is 1.40 bits per heavy atom. The third-order valence-electron chi connectivity index (χ3n) is 1.77. The van der Waals surface area contributed by atoms with E-state index in [1.807, 2.05) is 0 Å². The number of alkyl halides is 1. The molecule has 1 amide bonds. The van der Waals surface area contributed by atoms with Crippen molar-refractivity contribution in [2.75, 3.05) is 11.9 Å². The maximum Gasteiger partial charge on any atom is 0.252 e. The van der Waals surface area contributed by atoms with Gasteiger partial charge in [-0.05, 0) is 24.6 Å². The summed E-state index contributed by atoms with van der Waals surface area (Å²) >= 11 is 14.9. The Hall–Kier alpha value is -0.250. The molecule has 5 heteroatoms. The maximum absolute atomic E-state index is 11.6. The minimum atomic E-state index is -0.169. The molecule has 0 saturated carbocycles. The molecule has 1 N–H and O–H groups in total. The second kappa shape index (κ2) is 6.36. The van der Waals surface area contributed by atoms with Crippen LogP contribution in [0.1, 0.15) is 16.8 Å². The van der Waals surface area contributed by atoms with Crippen molar-refractivity contribution >= 4 is 45.0 Å². The van der Waals surface area contributed by atoms with Crippen LogP contribution in [0.3, 0.4) is 0 Å². The molecule has 0 radical (unpaired) electrons. The monoisotopic (exact) mass is 309 g/mol. The van der Waals surface area contributed by atoms with Crippen molar-refractivity contribution in [3.05, 3.63) is 33.8 Å². The highest BCUT2D eigenvalue weighted by atomic mass is 79.9. The van der Waals surface area contributed by atoms with Gasteiger partial charge in [-0.25, -0.2) is 0 Å². The Kier molecular flexibility index (Phi) is 5.43. The van der Waals surface area contributed by atoms with E-state index >= 15 is 0 Å². The predicted molar refractivity (Wildman–Crippen MR) is 67.2 cm³/mol. The molecule has 15 heavy (non-hydrogen) atoms. The van der Waals surface area contributed by atoms with Crippen molar-refractivity contribution in [3.63, 3.8) is 0 Å². The summed E-state index contributed by atoms with van der Waals surface area (Å²) in [7, 11) is 0. The van der Waals surface area contributed by atoms with Crippen LogP contribution in [0.15, 0.2) is 18.2 Å². The largest absolute Gasteiger partial charge is 0.352 e. The van der Waals surface area contributed by atoms with Gasteiger partial charge >= 0.3 is 0 Å². The molecule has 0 aromatic heterocycles. The molecular weight excluding hydrogens is 301 g/mol. The van der Waals surface area contributed by atoms with E-state index in [1.165, 1.54) is 0 Å². The molecule has 0 unspecified atom stereocenters. The van der Waals surface area contributed by atoms with Gasteiger partial charge in [0.25, 0.3) is 5.91 Å². The predicted octanol–water partition coefficient (Wildman–Crippen LogP) is 3.51. The molecule has 1 aromatic carbocycles. The van der Waals surface area contributed by atoms with Crippen LogP contribution in [0, 0.1) is 0 Å². The number of hydrogen-bond donors (Lipinski definition) is 1. The van der Waals surface area contributed by atoms with Crippen molar-refractivity contribution in [3.8, 4) is 0 Å². The summed E-state index contributed by atoms with van der Waals surface area (Å²) in [5.74, 6) is -0.169. The Bertz CT molecular complexity index is 357. The van der Waals surface area contributed by atoms with Crippen molar-refractivity contribution in [2.24, 2.45) is 0 Å². The molecule has 1 aromatic rings. The van der Waals surface area contributed by atoms with E-state index in [-0.39, 0.29) is 5.91 Å². The molecule has 0 aliphatic heterocycles. The van der Waals surface area contributed by atoms with Crippen LogP contribution < -0.4 is 5.32 Å². The SMILES string of the molecule is O=C(NCCCBr)c1ccc(Cl)cc1Cl. The zero-order valence-electron chi connectivity index (χ0n) is 7.90. The molecule has 0 aliphatic carbocycles. The lowest BCUT2D eigenvalue weighted by atomic mass is 10.2. The highest BCUT2D eigenvalue weighted by Gasteiger charge is 2.09. The first-order chi connectivity index (χ1) is 7.15. The van der Waals surface area contributed by atoms with Crippen LogP contribution in [0.5, 0.6) is 0 Å². The van der Waals surface area contributed by atoms with Gasteiger partial charge in [-0.1, -0.05) is 39.1 Å². The average Bonchev–Trinajstić information content (AvgIpc) is 2.17. The van der Waals surface area contributed by atoms with Gasteiger partial charge in [0.1, 0.15) is 0 Å². The highest BCUT2D eigenvalue weighted by Crippen LogP contribution is 2.20. The van der Waals surface area contributed by atoms with E-state index in [4.69, 9.17) is 23.2 Å². The molecule has 2 nitrogen and oxygen atoms in total. The first-order valence-corrected chi connectivity index (χ1v) is 6.32. The number of carbonyl (C=O) groups is 1. The lowest BCUT2D eigenvalue weighted by Gasteiger charge is -2.05. The van der Waals surface area contributed by atoms with E-state index in [2.05, 4.69) is 21.2 Å². The molecule has 1 rings (SSSR count). The van der Waals surface area contributed by atoms with Gasteiger partial charge in [0, 0.05) is 16.9 Å². The summed E-state index contributed by atoms with van der Waals surface area (Å²) in [5, 5.41) is 4.53. The standard InChI is InChI=1S/C10H10BrCl2NO/c11-4-1-5-14-10(15)8-3-2-7(12)6-9(8)13/h2-3,6H,1,4-5H2,(H,14,15). The van der Waals surface area contributed by atoms with E-state index in [0.717, 1.165) is 11.8 Å². The van der Waals surface area contributed by atoms with E-state index in [0.29, 0.717) is 22.2 Å². The van der Waals surface area contributed by atoms with Gasteiger partial charge in [-0.2, -0.15) is 0 Å². The van der Waals surface area contributed by atoms with Crippen LogP contribution in [-0.4, -0.2) is 17.8 Å². The van der Waals surface area contributed by atoms with Gasteiger partial charge in [-0.3, -0.25) is 4.79 Å². The quantitative estimate of drug-likeness (QED) is 0.669. The fraction of sp³-hybridized carbons (Fsp3) is 0.300. The number of amides is 1. The van der Waals surface area contributed by atoms with Crippen molar-refractivity contribution in [1.82, 2.24) is 5.32 Å². The summed E-state index contributed by atoms with van der Waals surface area (Å²) in [5.41, 5.74) is 0.454. The summed E-state index contributed by atoms with van der Waals surface area (Å²) in [6.07, 6.45) is 0.886. The molecule has 0 heterocycles. The van der Waals surface area contributed by atoms with Crippen LogP contribution in [0.25, 0.3) is 0 Å². The second-order valence-corrected chi connectivity index (χ2v) is 4.56. The first-order valence-electron chi connectivity index (χ1n) is 4.44. The van der Waals surface area contributed by atoms with E-state index < -0.39 is 0 Å². The number of rotatable bonds is 4. The zero-order chi connectivity index (χ0) is 11.3. The topological polar surface area (TPSA) is 29.1 Å². The second-order valence-electron chi connectivity index (χ2n) is 2.92. The lowest BCUT2D eigenvalue weighted by Crippen LogP contribution is -2.24. The lowest BCUT2D eigenvalue weighted by molar-refractivity contribution is 0.0954.